The summed E-state index contributed by atoms with van der Waals surface area (Å²) < 4.78 is 9.72. The zero-order valence-corrected chi connectivity index (χ0v) is 20.0. The number of nitrogens with zero attached hydrogens (tertiary/aromatic N) is 1. The average molecular weight is 554 g/mol. The third-order valence-corrected chi connectivity index (χ3v) is 18.6. The maximum absolute atomic E-state index is 3.92. The predicted octanol–water partition coefficient (Wildman–Crippen LogP) is 4.62. The van der Waals surface area contributed by atoms with Gasteiger partial charge in [-0.25, -0.2) is 0 Å². The molecule has 0 aliphatic heterocycles. The van der Waals surface area contributed by atoms with E-state index in [0.29, 0.717) is 0 Å². The van der Waals surface area contributed by atoms with Gasteiger partial charge in [0, 0.05) is 0 Å². The van der Waals surface area contributed by atoms with Crippen molar-refractivity contribution in [2.75, 3.05) is 14.1 Å². The minimum absolute atomic E-state index is 1.32. The van der Waals surface area contributed by atoms with Crippen LogP contribution in [0.5, 0.6) is 0 Å². The molecule has 0 aliphatic rings. The van der Waals surface area contributed by atoms with Crippen LogP contribution in [-0.4, -0.2) is 41.4 Å². The van der Waals surface area contributed by atoms with Gasteiger partial charge in [-0.05, 0) is 0 Å². The van der Waals surface area contributed by atoms with Gasteiger partial charge < -0.3 is 0 Å². The molecule has 1 nitrogen and oxygen atoms in total. The zero-order valence-electron chi connectivity index (χ0n) is 14.2. The van der Waals surface area contributed by atoms with Crippen LogP contribution in [0.3, 0.4) is 0 Å². The summed E-state index contributed by atoms with van der Waals surface area (Å²) in [4.78, 5) is 2.19. The van der Waals surface area contributed by atoms with E-state index in [1.54, 1.807) is 0 Å². The third-order valence-electron chi connectivity index (χ3n) is 3.87. The van der Waals surface area contributed by atoms with Crippen LogP contribution in [-0.2, 0) is 19.4 Å². The molecule has 0 aromatic heterocycles. The Labute approximate surface area is 142 Å². The second-order valence-corrected chi connectivity index (χ2v) is 19.7. The van der Waals surface area contributed by atoms with Crippen molar-refractivity contribution >= 4 is 22.4 Å². The Bertz CT molecular complexity index is 306. The van der Waals surface area contributed by atoms with Crippen LogP contribution in [0.15, 0.2) is 0 Å². The van der Waals surface area contributed by atoms with Crippen molar-refractivity contribution in [1.29, 1.82) is 0 Å². The van der Waals surface area contributed by atoms with E-state index < -0.39 is 18.4 Å². The van der Waals surface area contributed by atoms with Crippen LogP contribution < -0.4 is 0 Å². The van der Waals surface area contributed by atoms with Gasteiger partial charge in [0.25, 0.3) is 0 Å². The van der Waals surface area contributed by atoms with Crippen molar-refractivity contribution in [2.24, 2.45) is 0 Å². The molecular formula is C17H33NSnW. The molecule has 0 radical (unpaired) electrons. The molecule has 116 valence electrons. The Morgan fingerprint density at radius 2 is 1.30 bits per heavy atom. The van der Waals surface area contributed by atoms with Crippen LogP contribution in [0.2, 0.25) is 13.3 Å². The van der Waals surface area contributed by atoms with Crippen molar-refractivity contribution < 1.29 is 19.4 Å². The third kappa shape index (κ3) is 9.01. The van der Waals surface area contributed by atoms with Crippen LogP contribution in [0, 0.1) is 9.86 Å². The van der Waals surface area contributed by atoms with Gasteiger partial charge in [-0.3, -0.25) is 0 Å². The van der Waals surface area contributed by atoms with Gasteiger partial charge in [0.1, 0.15) is 0 Å². The Kier molecular flexibility index (Phi) is 13.0. The molecule has 0 heterocycles. The molecule has 0 saturated carbocycles. The summed E-state index contributed by atoms with van der Waals surface area (Å²) in [6, 6.07) is 0. The molecule has 0 aromatic rings. The van der Waals surface area contributed by atoms with Gasteiger partial charge in [0.2, 0.25) is 0 Å². The van der Waals surface area contributed by atoms with E-state index in [1.807, 2.05) is 0 Å². The Morgan fingerprint density at radius 1 is 0.900 bits per heavy atom. The Balaban J connectivity index is 5.06. The quantitative estimate of drug-likeness (QED) is 0.282. The molecule has 0 atom stereocenters. The van der Waals surface area contributed by atoms with E-state index in [2.05, 4.69) is 49.6 Å². The van der Waals surface area contributed by atoms with E-state index in [-0.39, 0.29) is 0 Å². The first kappa shape index (κ1) is 20.9. The molecule has 0 saturated heterocycles. The number of hydrogen-bond donors (Lipinski definition) is 0. The fraction of sp³-hybridized carbons (Fsp3) is 0.824. The molecule has 0 amide bonds. The number of unbranched alkanes of at least 4 members (excludes halogenated alkanes) is 3. The van der Waals surface area contributed by atoms with Crippen LogP contribution >= 0.6 is 0 Å². The maximum atomic E-state index is 3.92. The van der Waals surface area contributed by atoms with E-state index in [0.717, 1.165) is 0 Å². The summed E-state index contributed by atoms with van der Waals surface area (Å²) in [6.45, 7) is 6.97. The SMILES string of the molecule is CCC[CH2][Sn]([C]#C[C](=[W])N(C)C)([CH2]CCC)[CH2]CCC. The van der Waals surface area contributed by atoms with Crippen LogP contribution in [0.1, 0.15) is 59.3 Å². The van der Waals surface area contributed by atoms with Gasteiger partial charge in [0.05, 0.1) is 0 Å². The summed E-state index contributed by atoms with van der Waals surface area (Å²) in [5.41, 5.74) is 0. The van der Waals surface area contributed by atoms with Gasteiger partial charge in [-0.2, -0.15) is 0 Å². The molecule has 0 spiro atoms. The molecule has 0 aromatic carbocycles. The summed E-state index contributed by atoms with van der Waals surface area (Å²) in [7, 11) is 4.25. The van der Waals surface area contributed by atoms with Crippen LogP contribution in [0.4, 0.5) is 0 Å². The van der Waals surface area contributed by atoms with Crippen molar-refractivity contribution in [2.45, 2.75) is 72.6 Å². The summed E-state index contributed by atoms with van der Waals surface area (Å²) in [5.74, 6) is 3.57. The topological polar surface area (TPSA) is 3.24 Å². The first-order chi connectivity index (χ1) is 9.51. The predicted molar refractivity (Wildman–Crippen MR) is 91.4 cm³/mol. The van der Waals surface area contributed by atoms with E-state index in [9.17, 15) is 0 Å². The Morgan fingerprint density at radius 3 is 1.60 bits per heavy atom. The second kappa shape index (κ2) is 12.4. The number of rotatable bonds is 10. The molecule has 20 heavy (non-hydrogen) atoms. The molecule has 0 bridgehead atoms. The molecule has 0 fully saturated rings. The summed E-state index contributed by atoms with van der Waals surface area (Å²) in [6.07, 6.45) is 8.23. The van der Waals surface area contributed by atoms with E-state index >= 15 is 0 Å². The molecule has 0 aliphatic carbocycles. The first-order valence-corrected chi connectivity index (χ1v) is 17.2. The molecule has 0 unspecified atom stereocenters. The second-order valence-electron chi connectivity index (χ2n) is 6.04. The van der Waals surface area contributed by atoms with Gasteiger partial charge >= 0.3 is 143 Å². The number of hydrogen-bond acceptors (Lipinski definition) is 1. The van der Waals surface area contributed by atoms with Crippen LogP contribution in [0.25, 0.3) is 0 Å². The first-order valence-electron chi connectivity index (χ1n) is 8.25. The Hall–Kier alpha value is 0.877. The summed E-state index contributed by atoms with van der Waals surface area (Å²) >= 11 is -0.688. The van der Waals surface area contributed by atoms with Crippen molar-refractivity contribution in [3.8, 4) is 9.86 Å². The van der Waals surface area contributed by atoms with Gasteiger partial charge in [-0.1, -0.05) is 0 Å². The normalized spacial score (nSPS) is 11.3. The van der Waals surface area contributed by atoms with E-state index in [4.69, 9.17) is 0 Å². The average Bonchev–Trinajstić information content (AvgIpc) is 2.45. The zero-order chi connectivity index (χ0) is 15.4. The van der Waals surface area contributed by atoms with Gasteiger partial charge in [-0.15, -0.1) is 0 Å². The van der Waals surface area contributed by atoms with Gasteiger partial charge in [0.15, 0.2) is 0 Å². The molecule has 3 heteroatoms. The monoisotopic (exact) mass is 555 g/mol. The fourth-order valence-electron chi connectivity index (χ4n) is 2.41. The fourth-order valence-corrected chi connectivity index (χ4v) is 16.7. The van der Waals surface area contributed by atoms with Crippen molar-refractivity contribution in [3.63, 3.8) is 0 Å². The van der Waals surface area contributed by atoms with Crippen molar-refractivity contribution in [1.82, 2.24) is 4.90 Å². The molecule has 0 rings (SSSR count). The minimum atomic E-state index is -2.20. The van der Waals surface area contributed by atoms with Crippen molar-refractivity contribution in [3.05, 3.63) is 0 Å². The summed E-state index contributed by atoms with van der Waals surface area (Å²) in [5, 5.41) is 0. The van der Waals surface area contributed by atoms with E-state index in [1.165, 1.54) is 75.2 Å². The molecule has 0 N–H and O–H groups in total. The molecular weight excluding hydrogens is 521 g/mol. The standard InChI is InChI=1S/C5H6N.3C4H9.Sn.W/c1-4-5-6(2)3;3*1-3-4-2;;/h2-3H3;3*1,3-4H2,2H3;;.